The molecule has 0 aliphatic rings. The molecule has 1 atom stereocenters. The van der Waals surface area contributed by atoms with Crippen molar-refractivity contribution in [2.45, 2.75) is 13.0 Å². The molecule has 0 saturated carbocycles. The van der Waals surface area contributed by atoms with Gasteiger partial charge in [-0.05, 0) is 30.2 Å². The topological polar surface area (TPSA) is 42.1 Å². The summed E-state index contributed by atoms with van der Waals surface area (Å²) in [7, 11) is 2.08. The van der Waals surface area contributed by atoms with Crippen LogP contribution in [0.25, 0.3) is 0 Å². The Morgan fingerprint density at radius 3 is 2.61 bits per heavy atom. The number of likely N-dealkylation sites (N-methyl/N-ethyl adjacent to an activating group) is 1. The summed E-state index contributed by atoms with van der Waals surface area (Å²) in [6, 6.07) is 12.5. The van der Waals surface area contributed by atoms with Gasteiger partial charge in [0.05, 0.1) is 6.04 Å². The third-order valence-corrected chi connectivity index (χ3v) is 3.26. The molecule has 94 valence electrons. The lowest BCUT2D eigenvalue weighted by atomic mass is 10.1. The van der Waals surface area contributed by atoms with Crippen LogP contribution in [0.3, 0.4) is 0 Å². The molecule has 0 amide bonds. The minimum absolute atomic E-state index is 0.153. The number of aryl methyl sites for hydroxylation is 1. The van der Waals surface area contributed by atoms with Crippen molar-refractivity contribution in [2.75, 3.05) is 18.5 Å². The monoisotopic (exact) mass is 241 g/mol. The first-order chi connectivity index (χ1) is 8.74. The van der Waals surface area contributed by atoms with Crippen LogP contribution in [0.2, 0.25) is 0 Å². The number of nitrogens with zero attached hydrogens (tertiary/aromatic N) is 2. The van der Waals surface area contributed by atoms with Crippen molar-refractivity contribution in [1.29, 1.82) is 0 Å². The Bertz CT molecular complexity index is 496. The number of aromatic nitrogens is 1. The molecule has 2 rings (SSSR count). The Morgan fingerprint density at radius 1 is 1.22 bits per heavy atom. The van der Waals surface area contributed by atoms with Crippen molar-refractivity contribution in [3.63, 3.8) is 0 Å². The van der Waals surface area contributed by atoms with Crippen molar-refractivity contribution in [3.05, 3.63) is 59.9 Å². The first kappa shape index (κ1) is 12.6. The summed E-state index contributed by atoms with van der Waals surface area (Å²) < 4.78 is 0. The highest BCUT2D eigenvalue weighted by Gasteiger charge is 2.16. The first-order valence-corrected chi connectivity index (χ1v) is 6.12. The average Bonchev–Trinajstić information content (AvgIpc) is 2.41. The van der Waals surface area contributed by atoms with Gasteiger partial charge in [0.1, 0.15) is 0 Å². The fourth-order valence-corrected chi connectivity index (χ4v) is 2.22. The van der Waals surface area contributed by atoms with Crippen LogP contribution in [0.5, 0.6) is 0 Å². The highest BCUT2D eigenvalue weighted by atomic mass is 15.1. The summed E-state index contributed by atoms with van der Waals surface area (Å²) in [5, 5.41) is 0. The van der Waals surface area contributed by atoms with Crippen LogP contribution in [0.1, 0.15) is 17.2 Å². The van der Waals surface area contributed by atoms with Gasteiger partial charge in [-0.1, -0.05) is 24.3 Å². The number of anilines is 1. The lowest BCUT2D eigenvalue weighted by Crippen LogP contribution is -2.30. The zero-order chi connectivity index (χ0) is 13.0. The van der Waals surface area contributed by atoms with Crippen LogP contribution >= 0.6 is 0 Å². The minimum atomic E-state index is 0.153. The van der Waals surface area contributed by atoms with Crippen molar-refractivity contribution in [2.24, 2.45) is 5.73 Å². The maximum absolute atomic E-state index is 5.92. The molecule has 0 fully saturated rings. The van der Waals surface area contributed by atoms with Gasteiger partial charge in [0.2, 0.25) is 0 Å². The minimum Gasteiger partial charge on any atom is -0.366 e. The molecule has 0 radical (unpaired) electrons. The number of hydrogen-bond acceptors (Lipinski definition) is 3. The van der Waals surface area contributed by atoms with E-state index in [0.717, 1.165) is 5.56 Å². The smallest absolute Gasteiger partial charge is 0.0676 e. The van der Waals surface area contributed by atoms with E-state index in [9.17, 15) is 0 Å². The fraction of sp³-hybridized carbons (Fsp3) is 0.267. The Kier molecular flexibility index (Phi) is 3.95. The van der Waals surface area contributed by atoms with Crippen LogP contribution in [-0.2, 0) is 0 Å². The van der Waals surface area contributed by atoms with Gasteiger partial charge in [-0.3, -0.25) is 4.98 Å². The molecule has 3 nitrogen and oxygen atoms in total. The van der Waals surface area contributed by atoms with E-state index in [1.54, 1.807) is 6.20 Å². The molecule has 1 heterocycles. The molecule has 1 unspecified atom stereocenters. The second kappa shape index (κ2) is 5.65. The average molecular weight is 241 g/mol. The normalized spacial score (nSPS) is 12.2. The van der Waals surface area contributed by atoms with Gasteiger partial charge in [0.25, 0.3) is 0 Å². The molecule has 1 aromatic carbocycles. The molecule has 2 N–H and O–H groups in total. The van der Waals surface area contributed by atoms with Crippen LogP contribution < -0.4 is 10.6 Å². The summed E-state index contributed by atoms with van der Waals surface area (Å²) in [5.74, 6) is 0. The van der Waals surface area contributed by atoms with Crippen LogP contribution in [-0.4, -0.2) is 18.6 Å². The van der Waals surface area contributed by atoms with Gasteiger partial charge in [-0.2, -0.15) is 0 Å². The fourth-order valence-electron chi connectivity index (χ4n) is 2.22. The summed E-state index contributed by atoms with van der Waals surface area (Å²) in [4.78, 5) is 6.38. The van der Waals surface area contributed by atoms with E-state index in [2.05, 4.69) is 48.1 Å². The number of pyridine rings is 1. The molecule has 2 aromatic rings. The zero-order valence-electron chi connectivity index (χ0n) is 10.9. The van der Waals surface area contributed by atoms with E-state index in [1.165, 1.54) is 11.3 Å². The Hall–Kier alpha value is -1.87. The maximum atomic E-state index is 5.92. The molecule has 3 heteroatoms. The van der Waals surface area contributed by atoms with Gasteiger partial charge in [0, 0.05) is 31.7 Å². The van der Waals surface area contributed by atoms with Crippen molar-refractivity contribution < 1.29 is 0 Å². The maximum Gasteiger partial charge on any atom is 0.0676 e. The van der Waals surface area contributed by atoms with Crippen LogP contribution in [0.15, 0.2) is 48.8 Å². The van der Waals surface area contributed by atoms with Crippen LogP contribution in [0.4, 0.5) is 5.69 Å². The summed E-state index contributed by atoms with van der Waals surface area (Å²) in [6.45, 7) is 2.68. The van der Waals surface area contributed by atoms with Crippen LogP contribution in [0, 0.1) is 6.92 Å². The molecule has 0 aliphatic heterocycles. The lowest BCUT2D eigenvalue weighted by Gasteiger charge is -2.30. The van der Waals surface area contributed by atoms with E-state index in [-0.39, 0.29) is 6.04 Å². The van der Waals surface area contributed by atoms with Gasteiger partial charge < -0.3 is 10.6 Å². The Morgan fingerprint density at radius 2 is 2.00 bits per heavy atom. The molecule has 0 saturated heterocycles. The first-order valence-electron chi connectivity index (χ1n) is 6.12. The van der Waals surface area contributed by atoms with Gasteiger partial charge in [0.15, 0.2) is 0 Å². The second-order valence-corrected chi connectivity index (χ2v) is 4.44. The highest BCUT2D eigenvalue weighted by molar-refractivity contribution is 5.54. The van der Waals surface area contributed by atoms with Crippen molar-refractivity contribution >= 4 is 5.69 Å². The quantitative estimate of drug-likeness (QED) is 0.894. The van der Waals surface area contributed by atoms with Gasteiger partial charge in [-0.15, -0.1) is 0 Å². The number of para-hydroxylation sites is 1. The van der Waals surface area contributed by atoms with Crippen molar-refractivity contribution in [3.8, 4) is 0 Å². The highest BCUT2D eigenvalue weighted by Crippen LogP contribution is 2.26. The molecule has 1 aromatic heterocycles. The van der Waals surface area contributed by atoms with E-state index in [0.29, 0.717) is 6.54 Å². The number of hydrogen-bond donors (Lipinski definition) is 1. The standard InChI is InChI=1S/C15H19N3/c1-12-6-3-4-8-14(12)18(2)15(10-16)13-7-5-9-17-11-13/h3-9,11,15H,10,16H2,1-2H3. The molecule has 0 spiro atoms. The molecule has 0 bridgehead atoms. The Labute approximate surface area is 108 Å². The Balaban J connectivity index is 2.32. The molecule has 0 aliphatic carbocycles. The molecule has 18 heavy (non-hydrogen) atoms. The zero-order valence-corrected chi connectivity index (χ0v) is 10.9. The second-order valence-electron chi connectivity index (χ2n) is 4.44. The molecular formula is C15H19N3. The number of benzene rings is 1. The van der Waals surface area contributed by atoms with E-state index in [4.69, 9.17) is 5.73 Å². The van der Waals surface area contributed by atoms with Crippen molar-refractivity contribution in [1.82, 2.24) is 4.98 Å². The van der Waals surface area contributed by atoms with E-state index < -0.39 is 0 Å². The molecular weight excluding hydrogens is 222 g/mol. The summed E-state index contributed by atoms with van der Waals surface area (Å²) in [5.41, 5.74) is 9.53. The predicted molar refractivity (Wildman–Crippen MR) is 75.6 cm³/mol. The predicted octanol–water partition coefficient (Wildman–Crippen LogP) is 2.53. The third-order valence-electron chi connectivity index (χ3n) is 3.26. The third kappa shape index (κ3) is 2.51. The van der Waals surface area contributed by atoms with E-state index >= 15 is 0 Å². The van der Waals surface area contributed by atoms with E-state index in [1.807, 2.05) is 18.3 Å². The SMILES string of the molecule is Cc1ccccc1N(C)C(CN)c1cccnc1. The van der Waals surface area contributed by atoms with Gasteiger partial charge in [-0.25, -0.2) is 0 Å². The summed E-state index contributed by atoms with van der Waals surface area (Å²) in [6.07, 6.45) is 3.66. The summed E-state index contributed by atoms with van der Waals surface area (Å²) >= 11 is 0. The number of nitrogens with two attached hydrogens (primary N) is 1. The van der Waals surface area contributed by atoms with Gasteiger partial charge >= 0.3 is 0 Å². The number of rotatable bonds is 4. The lowest BCUT2D eigenvalue weighted by molar-refractivity contribution is 0.676. The largest absolute Gasteiger partial charge is 0.366 e.